The van der Waals surface area contributed by atoms with E-state index in [2.05, 4.69) is 42.6 Å². The molecule has 1 aromatic rings. The van der Waals surface area contributed by atoms with E-state index >= 15 is 0 Å². The fourth-order valence-electron chi connectivity index (χ4n) is 6.11. The standard InChI is InChI=1S/C25H32N2O3/c1-15-9-11-16(12-10-15)19-18-13-14-25(30-18)20(19)23(29)27(24(2,3)4)21(25)22(28)26-17-7-5-6-8-17/h9-14,17-21H,5-8H2,1-4H3,(H,26,28)/t18-,19-,20-,21+,25-/m0/s1. The number of hydrogen-bond donors (Lipinski definition) is 1. The minimum absolute atomic E-state index is 0.0338. The smallest absolute Gasteiger partial charge is 0.246 e. The van der Waals surface area contributed by atoms with Gasteiger partial charge in [-0.25, -0.2) is 0 Å². The number of likely N-dealkylation sites (tertiary alicyclic amines) is 1. The van der Waals surface area contributed by atoms with E-state index in [1.165, 1.54) is 5.56 Å². The van der Waals surface area contributed by atoms with Crippen LogP contribution in [0.15, 0.2) is 36.4 Å². The first-order chi connectivity index (χ1) is 14.2. The monoisotopic (exact) mass is 408 g/mol. The zero-order valence-electron chi connectivity index (χ0n) is 18.4. The van der Waals surface area contributed by atoms with Crippen molar-refractivity contribution in [3.63, 3.8) is 0 Å². The van der Waals surface area contributed by atoms with E-state index in [4.69, 9.17) is 4.74 Å². The molecule has 0 aromatic heterocycles. The van der Waals surface area contributed by atoms with Gasteiger partial charge in [0.2, 0.25) is 11.8 Å². The fraction of sp³-hybridized carbons (Fsp3) is 0.600. The van der Waals surface area contributed by atoms with Gasteiger partial charge in [0.1, 0.15) is 11.6 Å². The second-order valence-electron chi connectivity index (χ2n) is 10.5. The van der Waals surface area contributed by atoms with Crippen LogP contribution >= 0.6 is 0 Å². The SMILES string of the molecule is Cc1ccc([C@H]2[C@@H]3C=C[C@]4(O3)[C@@H]2C(=O)N(C(C)(C)C)[C@@H]4C(=O)NC2CCCC2)cc1. The predicted octanol–water partition coefficient (Wildman–Crippen LogP) is 3.47. The highest BCUT2D eigenvalue weighted by Gasteiger charge is 2.72. The predicted molar refractivity (Wildman–Crippen MR) is 115 cm³/mol. The first kappa shape index (κ1) is 19.8. The topological polar surface area (TPSA) is 58.6 Å². The Morgan fingerprint density at radius 3 is 2.47 bits per heavy atom. The zero-order chi connectivity index (χ0) is 21.3. The Balaban J connectivity index is 1.56. The van der Waals surface area contributed by atoms with Crippen LogP contribution in [0.4, 0.5) is 0 Å². The summed E-state index contributed by atoms with van der Waals surface area (Å²) in [4.78, 5) is 29.3. The summed E-state index contributed by atoms with van der Waals surface area (Å²) in [6, 6.07) is 7.96. The molecule has 1 spiro atoms. The summed E-state index contributed by atoms with van der Waals surface area (Å²) in [6.07, 6.45) is 8.25. The number of aryl methyl sites for hydroxylation is 1. The maximum atomic E-state index is 13.9. The Labute approximate surface area is 178 Å². The highest BCUT2D eigenvalue weighted by atomic mass is 16.5. The molecule has 5 rings (SSSR count). The van der Waals surface area contributed by atoms with Crippen LogP contribution in [0.2, 0.25) is 0 Å². The minimum atomic E-state index is -0.882. The molecule has 0 unspecified atom stereocenters. The van der Waals surface area contributed by atoms with Crippen molar-refractivity contribution in [3.05, 3.63) is 47.5 Å². The Hall–Kier alpha value is -2.14. The first-order valence-corrected chi connectivity index (χ1v) is 11.3. The molecule has 160 valence electrons. The molecule has 3 aliphatic heterocycles. The van der Waals surface area contributed by atoms with Crippen molar-refractivity contribution in [2.24, 2.45) is 5.92 Å². The van der Waals surface area contributed by atoms with E-state index in [1.807, 2.05) is 26.8 Å². The summed E-state index contributed by atoms with van der Waals surface area (Å²) in [5.41, 5.74) is 0.950. The van der Waals surface area contributed by atoms with Crippen molar-refractivity contribution >= 4 is 11.8 Å². The maximum absolute atomic E-state index is 13.9. The third-order valence-electron chi connectivity index (χ3n) is 7.41. The van der Waals surface area contributed by atoms with Crippen molar-refractivity contribution in [2.75, 3.05) is 0 Å². The molecular weight excluding hydrogens is 376 g/mol. The summed E-state index contributed by atoms with van der Waals surface area (Å²) in [5, 5.41) is 3.25. The number of nitrogens with one attached hydrogen (secondary N) is 1. The highest BCUT2D eigenvalue weighted by molar-refractivity contribution is 5.97. The summed E-state index contributed by atoms with van der Waals surface area (Å²) in [5.74, 6) is -0.458. The van der Waals surface area contributed by atoms with Crippen LogP contribution in [0.3, 0.4) is 0 Å². The highest BCUT2D eigenvalue weighted by Crippen LogP contribution is 2.59. The summed E-state index contributed by atoms with van der Waals surface area (Å²) < 4.78 is 6.54. The molecular formula is C25H32N2O3. The number of nitrogens with zero attached hydrogens (tertiary/aromatic N) is 1. The van der Waals surface area contributed by atoms with Crippen molar-refractivity contribution in [1.29, 1.82) is 0 Å². The van der Waals surface area contributed by atoms with Gasteiger partial charge in [-0.05, 0) is 46.1 Å². The van der Waals surface area contributed by atoms with Crippen LogP contribution in [-0.4, -0.2) is 46.0 Å². The molecule has 1 N–H and O–H groups in total. The van der Waals surface area contributed by atoms with Gasteiger partial charge >= 0.3 is 0 Å². The average Bonchev–Trinajstić information content (AvgIpc) is 3.43. The minimum Gasteiger partial charge on any atom is -0.359 e. The van der Waals surface area contributed by atoms with Gasteiger partial charge in [0.05, 0.1) is 12.0 Å². The number of carbonyl (C=O) groups is 2. The normalized spacial score (nSPS) is 35.3. The van der Waals surface area contributed by atoms with Gasteiger partial charge in [-0.2, -0.15) is 0 Å². The molecule has 3 fully saturated rings. The number of rotatable bonds is 3. The molecule has 1 aliphatic carbocycles. The van der Waals surface area contributed by atoms with E-state index in [0.717, 1.165) is 31.2 Å². The Morgan fingerprint density at radius 2 is 1.83 bits per heavy atom. The molecule has 30 heavy (non-hydrogen) atoms. The summed E-state index contributed by atoms with van der Waals surface area (Å²) in [7, 11) is 0. The molecule has 1 aromatic carbocycles. The zero-order valence-corrected chi connectivity index (χ0v) is 18.4. The van der Waals surface area contributed by atoms with E-state index in [9.17, 15) is 9.59 Å². The lowest BCUT2D eigenvalue weighted by Crippen LogP contribution is -2.60. The fourth-order valence-corrected chi connectivity index (χ4v) is 6.11. The quantitative estimate of drug-likeness (QED) is 0.779. The number of hydrogen-bond acceptors (Lipinski definition) is 3. The molecule has 1 saturated carbocycles. The molecule has 5 heteroatoms. The van der Waals surface area contributed by atoms with Crippen molar-refractivity contribution in [3.8, 4) is 0 Å². The van der Waals surface area contributed by atoms with Crippen LogP contribution in [0.1, 0.15) is 63.5 Å². The van der Waals surface area contributed by atoms with E-state index in [1.54, 1.807) is 4.90 Å². The summed E-state index contributed by atoms with van der Waals surface area (Å²) in [6.45, 7) is 8.09. The van der Waals surface area contributed by atoms with Crippen molar-refractivity contribution in [1.82, 2.24) is 10.2 Å². The number of carbonyl (C=O) groups excluding carboxylic acids is 2. The average molecular weight is 409 g/mol. The van der Waals surface area contributed by atoms with Crippen LogP contribution in [0.25, 0.3) is 0 Å². The van der Waals surface area contributed by atoms with Gasteiger partial charge < -0.3 is 15.0 Å². The van der Waals surface area contributed by atoms with Crippen LogP contribution in [0, 0.1) is 12.8 Å². The van der Waals surface area contributed by atoms with Gasteiger partial charge in [-0.3, -0.25) is 9.59 Å². The van der Waals surface area contributed by atoms with Crippen molar-refractivity contribution < 1.29 is 14.3 Å². The maximum Gasteiger partial charge on any atom is 0.246 e. The Bertz CT molecular complexity index is 894. The molecule has 2 bridgehead atoms. The number of amides is 2. The van der Waals surface area contributed by atoms with Gasteiger partial charge in [-0.1, -0.05) is 54.8 Å². The summed E-state index contributed by atoms with van der Waals surface area (Å²) >= 11 is 0. The lowest BCUT2D eigenvalue weighted by molar-refractivity contribution is -0.145. The van der Waals surface area contributed by atoms with Gasteiger partial charge in [0, 0.05) is 17.5 Å². The largest absolute Gasteiger partial charge is 0.359 e. The third kappa shape index (κ3) is 2.78. The van der Waals surface area contributed by atoms with Gasteiger partial charge in [0.15, 0.2) is 0 Å². The number of ether oxygens (including phenoxy) is 1. The number of benzene rings is 1. The van der Waals surface area contributed by atoms with E-state index in [0.29, 0.717) is 0 Å². The van der Waals surface area contributed by atoms with E-state index < -0.39 is 17.2 Å². The Morgan fingerprint density at radius 1 is 1.17 bits per heavy atom. The molecule has 0 radical (unpaired) electrons. The molecule has 2 saturated heterocycles. The second kappa shape index (κ2) is 6.68. The molecule has 3 heterocycles. The van der Waals surface area contributed by atoms with Crippen LogP contribution in [-0.2, 0) is 14.3 Å². The molecule has 5 atom stereocenters. The number of fused-ring (bicyclic) bond motifs is 1. The van der Waals surface area contributed by atoms with E-state index in [-0.39, 0.29) is 35.8 Å². The first-order valence-electron chi connectivity index (χ1n) is 11.3. The Kier molecular flexibility index (Phi) is 4.41. The van der Waals surface area contributed by atoms with Crippen LogP contribution in [0.5, 0.6) is 0 Å². The van der Waals surface area contributed by atoms with Gasteiger partial charge in [-0.15, -0.1) is 0 Å². The third-order valence-corrected chi connectivity index (χ3v) is 7.41. The van der Waals surface area contributed by atoms with Crippen LogP contribution < -0.4 is 5.32 Å². The lowest BCUT2D eigenvalue weighted by Gasteiger charge is -2.40. The van der Waals surface area contributed by atoms with Crippen molar-refractivity contribution in [2.45, 2.75) is 88.6 Å². The molecule has 2 amide bonds. The second-order valence-corrected chi connectivity index (χ2v) is 10.5. The molecule has 5 nitrogen and oxygen atoms in total. The van der Waals surface area contributed by atoms with Gasteiger partial charge in [0.25, 0.3) is 0 Å². The lowest BCUT2D eigenvalue weighted by atomic mass is 9.72. The molecule has 4 aliphatic rings.